The molecule has 0 aliphatic carbocycles. The lowest BCUT2D eigenvalue weighted by molar-refractivity contribution is -0.155. The number of carbonyl (C=O) groups is 2. The maximum atomic E-state index is 15.1. The van der Waals surface area contributed by atoms with Crippen LogP contribution in [0.1, 0.15) is 79.4 Å². The van der Waals surface area contributed by atoms with E-state index in [1.54, 1.807) is 50.8 Å². The molecule has 1 aromatic heterocycles. The first-order valence-corrected chi connectivity index (χ1v) is 15.2. The van der Waals surface area contributed by atoms with E-state index in [1.165, 1.54) is 0 Å². The molecule has 12 heteroatoms. The van der Waals surface area contributed by atoms with Crippen LogP contribution in [0.5, 0.6) is 0 Å². The molecule has 1 aliphatic heterocycles. The Bertz CT molecular complexity index is 1540. The summed E-state index contributed by atoms with van der Waals surface area (Å²) in [6, 6.07) is 7.86. The summed E-state index contributed by atoms with van der Waals surface area (Å²) in [4.78, 5) is 32.9. The van der Waals surface area contributed by atoms with Gasteiger partial charge < -0.3 is 15.0 Å². The molecular weight excluding hydrogens is 649 g/mol. The van der Waals surface area contributed by atoms with Gasteiger partial charge in [0.2, 0.25) is 0 Å². The van der Waals surface area contributed by atoms with Gasteiger partial charge in [0, 0.05) is 46.4 Å². The number of nitrogens with zero attached hydrogens (tertiary/aromatic N) is 2. The monoisotopic (exact) mass is 683 g/mol. The van der Waals surface area contributed by atoms with Crippen LogP contribution in [0.15, 0.2) is 40.9 Å². The van der Waals surface area contributed by atoms with Crippen LogP contribution in [-0.4, -0.2) is 48.3 Å². The Kier molecular flexibility index (Phi) is 10.2. The largest absolute Gasteiger partial charge is 0.460 e. The lowest BCUT2D eigenvalue weighted by atomic mass is 9.89. The molecule has 3 aromatic rings. The molecule has 1 N–H and O–H groups in total. The summed E-state index contributed by atoms with van der Waals surface area (Å²) in [5.74, 6) is -3.13. The van der Waals surface area contributed by atoms with Crippen molar-refractivity contribution in [2.45, 2.75) is 77.2 Å². The number of anilines is 1. The molecule has 0 bridgehead atoms. The van der Waals surface area contributed by atoms with Gasteiger partial charge in [0.1, 0.15) is 23.4 Å². The molecule has 2 aromatic carbocycles. The number of pyridine rings is 1. The maximum Gasteiger partial charge on any atom is 0.416 e. The summed E-state index contributed by atoms with van der Waals surface area (Å²) in [6.45, 7) is 6.95. The fourth-order valence-electron chi connectivity index (χ4n) is 5.57. The summed E-state index contributed by atoms with van der Waals surface area (Å²) in [6.07, 6.45) is -5.37. The maximum absolute atomic E-state index is 15.1. The van der Waals surface area contributed by atoms with Crippen LogP contribution in [0, 0.1) is 12.7 Å². The highest BCUT2D eigenvalue weighted by Crippen LogP contribution is 2.38. The Morgan fingerprint density at radius 2 is 1.91 bits per heavy atom. The van der Waals surface area contributed by atoms with Crippen molar-refractivity contribution in [2.75, 3.05) is 24.5 Å². The zero-order chi connectivity index (χ0) is 32.4. The van der Waals surface area contributed by atoms with Crippen LogP contribution in [0.4, 0.5) is 27.8 Å². The minimum absolute atomic E-state index is 0.122. The molecule has 44 heavy (non-hydrogen) atoms. The number of hydrogen-bond acceptors (Lipinski definition) is 5. The number of halogens is 6. The lowest BCUT2D eigenvalue weighted by Crippen LogP contribution is -2.38. The molecule has 4 rings (SSSR count). The first-order chi connectivity index (χ1) is 20.5. The number of aromatic nitrogens is 1. The average Bonchev–Trinajstić information content (AvgIpc) is 2.91. The fraction of sp³-hybridized carbons (Fsp3) is 0.469. The number of nitrogens with one attached hydrogen (secondary N) is 1. The van der Waals surface area contributed by atoms with E-state index in [0.717, 1.165) is 18.2 Å². The van der Waals surface area contributed by atoms with Gasteiger partial charge in [-0.15, -0.1) is 0 Å². The molecule has 1 saturated heterocycles. The number of alkyl halides is 4. The summed E-state index contributed by atoms with van der Waals surface area (Å²) < 4.78 is 77.4. The van der Waals surface area contributed by atoms with Crippen LogP contribution in [0.3, 0.4) is 0 Å². The van der Waals surface area contributed by atoms with E-state index >= 15 is 4.39 Å². The number of fused-ring (bicyclic) bond motifs is 1. The molecule has 0 spiro atoms. The van der Waals surface area contributed by atoms with Gasteiger partial charge in [-0.3, -0.25) is 9.59 Å². The molecule has 1 fully saturated rings. The molecule has 2 heterocycles. The first kappa shape index (κ1) is 33.6. The number of piperidine rings is 1. The van der Waals surface area contributed by atoms with E-state index in [2.05, 4.69) is 21.2 Å². The van der Waals surface area contributed by atoms with E-state index in [1.807, 2.05) is 0 Å². The molecule has 1 aliphatic rings. The Morgan fingerprint density at radius 3 is 2.57 bits per heavy atom. The van der Waals surface area contributed by atoms with Crippen LogP contribution < -0.4 is 10.2 Å². The van der Waals surface area contributed by atoms with Crippen LogP contribution >= 0.6 is 15.9 Å². The van der Waals surface area contributed by atoms with Crippen molar-refractivity contribution in [2.24, 2.45) is 0 Å². The average molecular weight is 685 g/mol. The van der Waals surface area contributed by atoms with Crippen molar-refractivity contribution >= 4 is 44.5 Å². The zero-order valence-corrected chi connectivity index (χ0v) is 26.5. The van der Waals surface area contributed by atoms with E-state index in [9.17, 15) is 27.2 Å². The summed E-state index contributed by atoms with van der Waals surface area (Å²) in [5, 5.41) is 3.19. The number of ether oxygens (including phenoxy) is 1. The number of benzene rings is 2. The van der Waals surface area contributed by atoms with Gasteiger partial charge in [0.15, 0.2) is 0 Å². The Morgan fingerprint density at radius 1 is 1.18 bits per heavy atom. The van der Waals surface area contributed by atoms with E-state index in [4.69, 9.17) is 9.72 Å². The molecule has 0 saturated carbocycles. The highest BCUT2D eigenvalue weighted by molar-refractivity contribution is 9.10. The topological polar surface area (TPSA) is 71.5 Å². The molecule has 6 nitrogen and oxygen atoms in total. The quantitative estimate of drug-likeness (QED) is 0.192. The molecule has 2 unspecified atom stereocenters. The Labute approximate surface area is 261 Å². The summed E-state index contributed by atoms with van der Waals surface area (Å²) in [5.41, 5.74) is -1.44. The van der Waals surface area contributed by atoms with Crippen molar-refractivity contribution in [3.05, 3.63) is 68.9 Å². The molecular formula is C32H35BrF5N3O3. The number of rotatable bonds is 8. The number of carbonyl (C=O) groups excluding carboxylic acids is 2. The first-order valence-electron chi connectivity index (χ1n) is 14.4. The fourth-order valence-corrected chi connectivity index (χ4v) is 5.93. The summed E-state index contributed by atoms with van der Waals surface area (Å²) in [7, 11) is 0. The van der Waals surface area contributed by atoms with Crippen LogP contribution in [-0.2, 0) is 15.7 Å². The molecule has 2 atom stereocenters. The lowest BCUT2D eigenvalue weighted by Gasteiger charge is -2.32. The van der Waals surface area contributed by atoms with Gasteiger partial charge >= 0.3 is 12.1 Å². The van der Waals surface area contributed by atoms with Crippen LogP contribution in [0.25, 0.3) is 10.9 Å². The van der Waals surface area contributed by atoms with Crippen molar-refractivity contribution in [3.63, 3.8) is 0 Å². The molecule has 0 radical (unpaired) electrons. The molecule has 1 amide bonds. The normalized spacial score (nSPS) is 16.6. The third-order valence-corrected chi connectivity index (χ3v) is 7.94. The van der Waals surface area contributed by atoms with Crippen molar-refractivity contribution < 1.29 is 36.3 Å². The standard InChI is InChI=1S/C32H35BrF5N3O3/c1-18-27(22-15-20(33)11-12-25(22)40-29(18)41-14-6-7-21(34)17-41)30(43)39-16-19(10-13-26(42)44-31(2,3)4)28-23(32(36,37)38)8-5-9-24(28)35/h5,8-9,11-12,15,19,21H,6-7,10,13-14,16-17H2,1-4H3,(H,39,43). The van der Waals surface area contributed by atoms with Gasteiger partial charge in [0.25, 0.3) is 5.91 Å². The van der Waals surface area contributed by atoms with E-state index < -0.39 is 59.2 Å². The van der Waals surface area contributed by atoms with Gasteiger partial charge in [-0.1, -0.05) is 22.0 Å². The molecule has 238 valence electrons. The number of esters is 1. The van der Waals surface area contributed by atoms with Gasteiger partial charge in [-0.05, 0) is 77.3 Å². The predicted molar refractivity (Wildman–Crippen MR) is 162 cm³/mol. The highest BCUT2D eigenvalue weighted by atomic mass is 79.9. The Balaban J connectivity index is 1.71. The van der Waals surface area contributed by atoms with Crippen LogP contribution in [0.2, 0.25) is 0 Å². The smallest absolute Gasteiger partial charge is 0.416 e. The predicted octanol–water partition coefficient (Wildman–Crippen LogP) is 8.04. The van der Waals surface area contributed by atoms with Crippen molar-refractivity contribution in [1.29, 1.82) is 0 Å². The highest BCUT2D eigenvalue weighted by Gasteiger charge is 2.37. The van der Waals surface area contributed by atoms with E-state index in [0.29, 0.717) is 46.1 Å². The zero-order valence-electron chi connectivity index (χ0n) is 25.0. The minimum atomic E-state index is -4.87. The SMILES string of the molecule is Cc1c(N2CCCC(F)C2)nc2ccc(Br)cc2c1C(=O)NCC(CCC(=O)OC(C)(C)C)c1c(F)cccc1C(F)(F)F. The number of hydrogen-bond donors (Lipinski definition) is 1. The minimum Gasteiger partial charge on any atom is -0.460 e. The Hall–Kier alpha value is -3.28. The van der Waals surface area contributed by atoms with Crippen molar-refractivity contribution in [3.8, 4) is 0 Å². The van der Waals surface area contributed by atoms with Gasteiger partial charge in [0.05, 0.1) is 23.2 Å². The second-order valence-electron chi connectivity index (χ2n) is 12.0. The van der Waals surface area contributed by atoms with Gasteiger partial charge in [-0.2, -0.15) is 13.2 Å². The third kappa shape index (κ3) is 8.05. The third-order valence-electron chi connectivity index (χ3n) is 7.45. The second kappa shape index (κ2) is 13.4. The number of amides is 1. The summed E-state index contributed by atoms with van der Waals surface area (Å²) >= 11 is 3.41. The second-order valence-corrected chi connectivity index (χ2v) is 12.9. The van der Waals surface area contributed by atoms with Gasteiger partial charge in [-0.25, -0.2) is 13.8 Å². The van der Waals surface area contributed by atoms with Crippen molar-refractivity contribution in [1.82, 2.24) is 10.3 Å². The van der Waals surface area contributed by atoms with E-state index in [-0.39, 0.29) is 24.9 Å².